The normalized spacial score (nSPS) is 16.9. The molecule has 1 N–H and O–H groups in total. The molecule has 126 valence electrons. The van der Waals surface area contributed by atoms with E-state index in [1.165, 1.54) is 6.26 Å². The number of ether oxygens (including phenoxy) is 1. The molecule has 0 spiro atoms. The zero-order valence-corrected chi connectivity index (χ0v) is 13.5. The van der Waals surface area contributed by atoms with Gasteiger partial charge in [0.05, 0.1) is 6.26 Å². The van der Waals surface area contributed by atoms with E-state index < -0.39 is 0 Å². The highest BCUT2D eigenvalue weighted by Gasteiger charge is 2.28. The van der Waals surface area contributed by atoms with Crippen LogP contribution in [-0.4, -0.2) is 42.5 Å². The van der Waals surface area contributed by atoms with Gasteiger partial charge in [0, 0.05) is 24.7 Å². The van der Waals surface area contributed by atoms with Crippen LogP contribution >= 0.6 is 0 Å². The third kappa shape index (κ3) is 3.76. The van der Waals surface area contributed by atoms with E-state index in [4.69, 9.17) is 9.15 Å². The van der Waals surface area contributed by atoms with Crippen LogP contribution in [0, 0.1) is 6.92 Å². The lowest BCUT2D eigenvalue weighted by molar-refractivity contribution is -0.132. The van der Waals surface area contributed by atoms with E-state index in [0.717, 1.165) is 12.0 Å². The molecule has 1 aliphatic heterocycles. The minimum absolute atomic E-state index is 0.00196. The number of hydrogen-bond donors (Lipinski definition) is 1. The largest absolute Gasteiger partial charge is 0.484 e. The number of rotatable bonds is 5. The Morgan fingerprint density at radius 3 is 2.79 bits per heavy atom. The molecule has 1 unspecified atom stereocenters. The Kier molecular flexibility index (Phi) is 4.84. The molecule has 3 rings (SSSR count). The number of hydrogen-bond acceptors (Lipinski definition) is 4. The van der Waals surface area contributed by atoms with Crippen LogP contribution in [0.3, 0.4) is 0 Å². The first-order valence-electron chi connectivity index (χ1n) is 7.94. The zero-order valence-electron chi connectivity index (χ0n) is 13.5. The Labute approximate surface area is 140 Å². The molecule has 6 heteroatoms. The third-order valence-corrected chi connectivity index (χ3v) is 4.05. The van der Waals surface area contributed by atoms with Gasteiger partial charge in [0.25, 0.3) is 11.8 Å². The van der Waals surface area contributed by atoms with Gasteiger partial charge >= 0.3 is 0 Å². The second-order valence-corrected chi connectivity index (χ2v) is 5.83. The average Bonchev–Trinajstić information content (AvgIpc) is 3.22. The van der Waals surface area contributed by atoms with Gasteiger partial charge in [-0.25, -0.2) is 0 Å². The quantitative estimate of drug-likeness (QED) is 0.911. The van der Waals surface area contributed by atoms with Crippen LogP contribution in [0.15, 0.2) is 47.1 Å². The van der Waals surface area contributed by atoms with E-state index in [2.05, 4.69) is 5.32 Å². The summed E-state index contributed by atoms with van der Waals surface area (Å²) in [5.41, 5.74) is 0.801. The van der Waals surface area contributed by atoms with Crippen molar-refractivity contribution in [3.8, 4) is 5.75 Å². The topological polar surface area (TPSA) is 71.8 Å². The minimum atomic E-state index is -0.239. The molecular formula is C18H20N2O4. The number of aryl methyl sites for hydroxylation is 1. The van der Waals surface area contributed by atoms with Gasteiger partial charge in [-0.3, -0.25) is 9.59 Å². The van der Waals surface area contributed by atoms with E-state index in [-0.39, 0.29) is 24.5 Å². The van der Waals surface area contributed by atoms with Crippen molar-refractivity contribution in [1.29, 1.82) is 0 Å². The van der Waals surface area contributed by atoms with E-state index in [0.29, 0.717) is 24.6 Å². The fraction of sp³-hybridized carbons (Fsp3) is 0.333. The van der Waals surface area contributed by atoms with Gasteiger partial charge in [0.2, 0.25) is 0 Å². The van der Waals surface area contributed by atoms with Crippen LogP contribution < -0.4 is 10.1 Å². The van der Waals surface area contributed by atoms with Crippen molar-refractivity contribution in [3.63, 3.8) is 0 Å². The SMILES string of the molecule is Cc1ccoc1C(=O)NC1CCN(C(=O)COc2ccccc2)C1. The first-order valence-corrected chi connectivity index (χ1v) is 7.94. The fourth-order valence-electron chi connectivity index (χ4n) is 2.71. The van der Waals surface area contributed by atoms with Crippen LogP contribution in [0.2, 0.25) is 0 Å². The van der Waals surface area contributed by atoms with Crippen LogP contribution in [0.4, 0.5) is 0 Å². The first-order chi connectivity index (χ1) is 11.6. The second-order valence-electron chi connectivity index (χ2n) is 5.83. The van der Waals surface area contributed by atoms with Crippen LogP contribution in [0.25, 0.3) is 0 Å². The fourth-order valence-corrected chi connectivity index (χ4v) is 2.71. The van der Waals surface area contributed by atoms with Crippen molar-refractivity contribution in [1.82, 2.24) is 10.2 Å². The number of nitrogens with one attached hydrogen (secondary N) is 1. The molecule has 24 heavy (non-hydrogen) atoms. The molecule has 2 heterocycles. The number of likely N-dealkylation sites (tertiary alicyclic amines) is 1. The average molecular weight is 328 g/mol. The molecule has 0 radical (unpaired) electrons. The number of nitrogens with zero attached hydrogens (tertiary/aromatic N) is 1. The summed E-state index contributed by atoms with van der Waals surface area (Å²) in [5, 5.41) is 2.91. The molecule has 0 saturated carbocycles. The van der Waals surface area contributed by atoms with E-state index in [1.807, 2.05) is 37.3 Å². The molecule has 0 aliphatic carbocycles. The van der Waals surface area contributed by atoms with E-state index in [1.54, 1.807) is 11.0 Å². The summed E-state index contributed by atoms with van der Waals surface area (Å²) in [5.74, 6) is 0.678. The Morgan fingerprint density at radius 1 is 1.29 bits per heavy atom. The highest BCUT2D eigenvalue weighted by molar-refractivity contribution is 5.93. The first kappa shape index (κ1) is 16.1. The van der Waals surface area contributed by atoms with Crippen LogP contribution in [-0.2, 0) is 4.79 Å². The van der Waals surface area contributed by atoms with E-state index in [9.17, 15) is 9.59 Å². The Hall–Kier alpha value is -2.76. The molecule has 0 bridgehead atoms. The highest BCUT2D eigenvalue weighted by Crippen LogP contribution is 2.14. The van der Waals surface area contributed by atoms with Crippen molar-refractivity contribution < 1.29 is 18.7 Å². The van der Waals surface area contributed by atoms with Crippen molar-refractivity contribution in [3.05, 3.63) is 54.0 Å². The Balaban J connectivity index is 1.47. The van der Waals surface area contributed by atoms with Crippen molar-refractivity contribution in [2.75, 3.05) is 19.7 Å². The van der Waals surface area contributed by atoms with Crippen LogP contribution in [0.5, 0.6) is 5.75 Å². The summed E-state index contributed by atoms with van der Waals surface area (Å²) in [6.07, 6.45) is 2.22. The number of benzene rings is 1. The Morgan fingerprint density at radius 2 is 2.08 bits per heavy atom. The molecular weight excluding hydrogens is 308 g/mol. The summed E-state index contributed by atoms with van der Waals surface area (Å²) < 4.78 is 10.7. The summed E-state index contributed by atoms with van der Waals surface area (Å²) >= 11 is 0. The third-order valence-electron chi connectivity index (χ3n) is 4.05. The standard InChI is InChI=1S/C18H20N2O4/c1-13-8-10-23-17(13)18(22)19-14-7-9-20(11-14)16(21)12-24-15-5-3-2-4-6-15/h2-6,8,10,14H,7,9,11-12H2,1H3,(H,19,22). The Bertz CT molecular complexity index is 711. The lowest BCUT2D eigenvalue weighted by atomic mass is 10.2. The number of amides is 2. The van der Waals surface area contributed by atoms with Crippen molar-refractivity contribution in [2.45, 2.75) is 19.4 Å². The molecule has 2 aromatic rings. The van der Waals surface area contributed by atoms with E-state index >= 15 is 0 Å². The second kappa shape index (κ2) is 7.21. The smallest absolute Gasteiger partial charge is 0.287 e. The molecule has 1 atom stereocenters. The highest BCUT2D eigenvalue weighted by atomic mass is 16.5. The van der Waals surface area contributed by atoms with Gasteiger partial charge in [0.1, 0.15) is 5.75 Å². The number of carbonyl (C=O) groups is 2. The molecule has 1 fully saturated rings. The summed E-state index contributed by atoms with van der Waals surface area (Å²) in [4.78, 5) is 26.1. The number of carbonyl (C=O) groups excluding carboxylic acids is 2. The van der Waals surface area contributed by atoms with Gasteiger partial charge in [0.15, 0.2) is 12.4 Å². The maximum atomic E-state index is 12.2. The molecule has 1 aliphatic rings. The maximum Gasteiger partial charge on any atom is 0.287 e. The molecule has 6 nitrogen and oxygen atoms in total. The van der Waals surface area contributed by atoms with Gasteiger partial charge < -0.3 is 19.4 Å². The zero-order chi connectivity index (χ0) is 16.9. The minimum Gasteiger partial charge on any atom is -0.484 e. The molecule has 1 aromatic heterocycles. The lowest BCUT2D eigenvalue weighted by Crippen LogP contribution is -2.39. The molecule has 1 aromatic carbocycles. The number of furan rings is 1. The van der Waals surface area contributed by atoms with Gasteiger partial charge in [-0.1, -0.05) is 18.2 Å². The summed E-state index contributed by atoms with van der Waals surface area (Å²) in [6, 6.07) is 10.9. The van der Waals surface area contributed by atoms with Crippen molar-refractivity contribution in [2.24, 2.45) is 0 Å². The van der Waals surface area contributed by atoms with Gasteiger partial charge in [-0.15, -0.1) is 0 Å². The predicted molar refractivity (Wildman–Crippen MR) is 87.8 cm³/mol. The number of para-hydroxylation sites is 1. The summed E-state index contributed by atoms with van der Waals surface area (Å²) in [7, 11) is 0. The molecule has 1 saturated heterocycles. The lowest BCUT2D eigenvalue weighted by Gasteiger charge is -2.17. The predicted octanol–water partition coefficient (Wildman–Crippen LogP) is 2.00. The van der Waals surface area contributed by atoms with Gasteiger partial charge in [-0.05, 0) is 31.5 Å². The maximum absolute atomic E-state index is 12.2. The molecule has 2 amide bonds. The van der Waals surface area contributed by atoms with Crippen LogP contribution in [0.1, 0.15) is 22.5 Å². The summed E-state index contributed by atoms with van der Waals surface area (Å²) in [6.45, 7) is 2.92. The van der Waals surface area contributed by atoms with Gasteiger partial charge in [-0.2, -0.15) is 0 Å². The monoisotopic (exact) mass is 328 g/mol. The van der Waals surface area contributed by atoms with Crippen molar-refractivity contribution >= 4 is 11.8 Å².